The van der Waals surface area contributed by atoms with E-state index in [1.807, 2.05) is 26.0 Å². The van der Waals surface area contributed by atoms with Crippen LogP contribution in [0, 0.1) is 12.7 Å². The smallest absolute Gasteiger partial charge is 0.144 e. The van der Waals surface area contributed by atoms with Crippen molar-refractivity contribution >= 4 is 17.1 Å². The molecule has 0 saturated carbocycles. The third-order valence-electron chi connectivity index (χ3n) is 2.79. The van der Waals surface area contributed by atoms with Gasteiger partial charge in [-0.25, -0.2) is 4.39 Å². The van der Waals surface area contributed by atoms with Crippen LogP contribution in [0.4, 0.5) is 21.5 Å². The molecule has 0 amide bonds. The number of hydrogen-bond donors (Lipinski definition) is 2. The van der Waals surface area contributed by atoms with Gasteiger partial charge in [0.15, 0.2) is 0 Å². The molecule has 100 valence electrons. The standard InChI is InChI=1S/C15H17FN2O/c1-3-19-15-9-12(6-7-13(15)17)18-14-8-11(16)5-4-10(14)2/h4-9,18H,3,17H2,1-2H3. The Balaban J connectivity index is 2.28. The van der Waals surface area contributed by atoms with Crippen molar-refractivity contribution in [3.8, 4) is 5.75 Å². The van der Waals surface area contributed by atoms with Gasteiger partial charge in [-0.1, -0.05) is 6.07 Å². The summed E-state index contributed by atoms with van der Waals surface area (Å²) in [6.45, 7) is 4.37. The Morgan fingerprint density at radius 3 is 2.74 bits per heavy atom. The fourth-order valence-electron chi connectivity index (χ4n) is 1.78. The van der Waals surface area contributed by atoms with Gasteiger partial charge in [-0.3, -0.25) is 0 Å². The lowest BCUT2D eigenvalue weighted by atomic mass is 10.2. The van der Waals surface area contributed by atoms with Gasteiger partial charge < -0.3 is 15.8 Å². The molecule has 0 spiro atoms. The number of aryl methyl sites for hydroxylation is 1. The lowest BCUT2D eigenvalue weighted by Gasteiger charge is -2.12. The van der Waals surface area contributed by atoms with E-state index in [9.17, 15) is 4.39 Å². The minimum Gasteiger partial charge on any atom is -0.492 e. The molecule has 3 N–H and O–H groups in total. The Labute approximate surface area is 112 Å². The zero-order chi connectivity index (χ0) is 13.8. The predicted molar refractivity (Wildman–Crippen MR) is 76.4 cm³/mol. The van der Waals surface area contributed by atoms with Gasteiger partial charge in [0, 0.05) is 17.4 Å². The summed E-state index contributed by atoms with van der Waals surface area (Å²) in [7, 11) is 0. The lowest BCUT2D eigenvalue weighted by Crippen LogP contribution is -1.99. The van der Waals surface area contributed by atoms with Crippen molar-refractivity contribution in [3.05, 3.63) is 47.8 Å². The van der Waals surface area contributed by atoms with E-state index in [4.69, 9.17) is 10.5 Å². The number of nitrogens with one attached hydrogen (secondary N) is 1. The van der Waals surface area contributed by atoms with Crippen LogP contribution in [0.1, 0.15) is 12.5 Å². The van der Waals surface area contributed by atoms with Gasteiger partial charge in [0.1, 0.15) is 11.6 Å². The minimum atomic E-state index is -0.270. The first-order chi connectivity index (χ1) is 9.10. The van der Waals surface area contributed by atoms with Crippen LogP contribution in [0.5, 0.6) is 5.75 Å². The van der Waals surface area contributed by atoms with E-state index in [0.29, 0.717) is 18.0 Å². The molecule has 2 rings (SSSR count). The van der Waals surface area contributed by atoms with E-state index < -0.39 is 0 Å². The van der Waals surface area contributed by atoms with Gasteiger partial charge in [-0.2, -0.15) is 0 Å². The molecular weight excluding hydrogens is 243 g/mol. The number of halogens is 1. The fraction of sp³-hybridized carbons (Fsp3) is 0.200. The largest absolute Gasteiger partial charge is 0.492 e. The minimum absolute atomic E-state index is 0.270. The van der Waals surface area contributed by atoms with Crippen LogP contribution in [0.25, 0.3) is 0 Å². The molecule has 2 aromatic rings. The summed E-state index contributed by atoms with van der Waals surface area (Å²) in [6, 6.07) is 10.0. The molecule has 0 heterocycles. The Hall–Kier alpha value is -2.23. The predicted octanol–water partition coefficient (Wildman–Crippen LogP) is 3.86. The zero-order valence-corrected chi connectivity index (χ0v) is 11.0. The highest BCUT2D eigenvalue weighted by Crippen LogP contribution is 2.28. The van der Waals surface area contributed by atoms with E-state index in [1.165, 1.54) is 12.1 Å². The molecule has 3 nitrogen and oxygen atoms in total. The Morgan fingerprint density at radius 2 is 2.00 bits per heavy atom. The summed E-state index contributed by atoms with van der Waals surface area (Å²) < 4.78 is 18.7. The fourth-order valence-corrected chi connectivity index (χ4v) is 1.78. The van der Waals surface area contributed by atoms with Gasteiger partial charge in [0.05, 0.1) is 12.3 Å². The summed E-state index contributed by atoms with van der Waals surface area (Å²) in [5, 5.41) is 3.16. The first kappa shape index (κ1) is 13.2. The van der Waals surface area contributed by atoms with Crippen LogP contribution >= 0.6 is 0 Å². The number of ether oxygens (including phenoxy) is 1. The van der Waals surface area contributed by atoms with Crippen molar-refractivity contribution in [1.29, 1.82) is 0 Å². The molecule has 2 aromatic carbocycles. The molecule has 0 bridgehead atoms. The van der Waals surface area contributed by atoms with Gasteiger partial charge in [-0.15, -0.1) is 0 Å². The highest BCUT2D eigenvalue weighted by molar-refractivity contribution is 5.68. The number of nitrogens with two attached hydrogens (primary N) is 1. The highest BCUT2D eigenvalue weighted by Gasteiger charge is 2.04. The molecule has 0 atom stereocenters. The van der Waals surface area contributed by atoms with E-state index in [-0.39, 0.29) is 5.82 Å². The second-order valence-electron chi connectivity index (χ2n) is 4.27. The van der Waals surface area contributed by atoms with Crippen molar-refractivity contribution in [2.75, 3.05) is 17.7 Å². The first-order valence-corrected chi connectivity index (χ1v) is 6.15. The molecule has 4 heteroatoms. The molecule has 0 aliphatic heterocycles. The third-order valence-corrected chi connectivity index (χ3v) is 2.79. The third kappa shape index (κ3) is 3.16. The molecule has 0 aliphatic rings. The maximum absolute atomic E-state index is 13.2. The van der Waals surface area contributed by atoms with Crippen LogP contribution < -0.4 is 15.8 Å². The van der Waals surface area contributed by atoms with E-state index >= 15 is 0 Å². The summed E-state index contributed by atoms with van der Waals surface area (Å²) in [5.74, 6) is 0.357. The zero-order valence-electron chi connectivity index (χ0n) is 11.0. The van der Waals surface area contributed by atoms with Crippen molar-refractivity contribution in [2.45, 2.75) is 13.8 Å². The van der Waals surface area contributed by atoms with Crippen LogP contribution in [0.2, 0.25) is 0 Å². The van der Waals surface area contributed by atoms with Crippen LogP contribution in [-0.2, 0) is 0 Å². The molecule has 19 heavy (non-hydrogen) atoms. The van der Waals surface area contributed by atoms with Crippen molar-refractivity contribution in [1.82, 2.24) is 0 Å². The van der Waals surface area contributed by atoms with Gasteiger partial charge in [0.2, 0.25) is 0 Å². The first-order valence-electron chi connectivity index (χ1n) is 6.15. The van der Waals surface area contributed by atoms with Gasteiger partial charge in [-0.05, 0) is 43.7 Å². The van der Waals surface area contributed by atoms with E-state index in [1.54, 1.807) is 12.1 Å². The van der Waals surface area contributed by atoms with Crippen molar-refractivity contribution in [2.24, 2.45) is 0 Å². The average molecular weight is 260 g/mol. The molecule has 0 aromatic heterocycles. The summed E-state index contributed by atoms with van der Waals surface area (Å²) >= 11 is 0. The Bertz CT molecular complexity index is 584. The molecule has 0 unspecified atom stereocenters. The van der Waals surface area contributed by atoms with Crippen LogP contribution in [-0.4, -0.2) is 6.61 Å². The SMILES string of the molecule is CCOc1cc(Nc2cc(F)ccc2C)ccc1N. The summed E-state index contributed by atoms with van der Waals surface area (Å²) in [4.78, 5) is 0. The Morgan fingerprint density at radius 1 is 1.21 bits per heavy atom. The maximum atomic E-state index is 13.2. The molecular formula is C15H17FN2O. The summed E-state index contributed by atoms with van der Waals surface area (Å²) in [6.07, 6.45) is 0. The van der Waals surface area contributed by atoms with Crippen LogP contribution in [0.3, 0.4) is 0 Å². The second-order valence-corrected chi connectivity index (χ2v) is 4.27. The number of benzene rings is 2. The topological polar surface area (TPSA) is 47.3 Å². The molecule has 0 saturated heterocycles. The molecule has 0 fully saturated rings. The quantitative estimate of drug-likeness (QED) is 0.821. The van der Waals surface area contributed by atoms with Crippen LogP contribution in [0.15, 0.2) is 36.4 Å². The highest BCUT2D eigenvalue weighted by atomic mass is 19.1. The second kappa shape index (κ2) is 5.61. The number of anilines is 3. The van der Waals surface area contributed by atoms with E-state index in [2.05, 4.69) is 5.32 Å². The Kier molecular flexibility index (Phi) is 3.90. The number of hydrogen-bond acceptors (Lipinski definition) is 3. The van der Waals surface area contributed by atoms with Crippen molar-refractivity contribution < 1.29 is 9.13 Å². The summed E-state index contributed by atoms with van der Waals surface area (Å²) in [5.41, 5.74) is 8.91. The number of nitrogen functional groups attached to an aromatic ring is 1. The van der Waals surface area contributed by atoms with E-state index in [0.717, 1.165) is 16.9 Å². The molecule has 0 aliphatic carbocycles. The number of rotatable bonds is 4. The van der Waals surface area contributed by atoms with Gasteiger partial charge >= 0.3 is 0 Å². The average Bonchev–Trinajstić information content (AvgIpc) is 2.38. The molecule has 0 radical (unpaired) electrons. The normalized spacial score (nSPS) is 10.3. The monoisotopic (exact) mass is 260 g/mol. The van der Waals surface area contributed by atoms with Crippen molar-refractivity contribution in [3.63, 3.8) is 0 Å². The lowest BCUT2D eigenvalue weighted by molar-refractivity contribution is 0.342. The maximum Gasteiger partial charge on any atom is 0.144 e. The van der Waals surface area contributed by atoms with Gasteiger partial charge in [0.25, 0.3) is 0 Å².